The molecule has 0 radical (unpaired) electrons. The first-order chi connectivity index (χ1) is 13.5. The van der Waals surface area contributed by atoms with Gasteiger partial charge in [-0.05, 0) is 44.4 Å². The number of hydrogen-bond donors (Lipinski definition) is 3. The maximum absolute atomic E-state index is 8.20. The van der Waals surface area contributed by atoms with Crippen LogP contribution < -0.4 is 10.2 Å². The fourth-order valence-corrected chi connectivity index (χ4v) is 3.36. The first-order valence-corrected chi connectivity index (χ1v) is 10.9. The molecule has 2 fully saturated rings. The molecular weight excluding hydrogens is 368 g/mol. The summed E-state index contributed by atoms with van der Waals surface area (Å²) in [4.78, 5) is 0. The number of nitrogens with zero attached hydrogens (tertiary/aromatic N) is 2. The van der Waals surface area contributed by atoms with E-state index in [9.17, 15) is 0 Å². The summed E-state index contributed by atoms with van der Waals surface area (Å²) < 4.78 is 9.10. The fraction of sp³-hybridized carbons (Fsp3) is 0.636. The Morgan fingerprint density at radius 1 is 1.29 bits per heavy atom. The molecule has 2 N–H and O–H groups in total. The lowest BCUT2D eigenvalue weighted by atomic mass is 9.90. The van der Waals surface area contributed by atoms with E-state index in [1.165, 1.54) is 49.3 Å². The number of ether oxygens (including phenoxy) is 1. The van der Waals surface area contributed by atoms with Crippen LogP contribution in [0.15, 0.2) is 24.9 Å². The predicted octanol–water partition coefficient (Wildman–Crippen LogP) is 5.58. The zero-order chi connectivity index (χ0) is 21.1. The highest BCUT2D eigenvalue weighted by Gasteiger charge is 2.28. The number of thiol groups is 1. The van der Waals surface area contributed by atoms with E-state index in [1.807, 2.05) is 27.0 Å². The van der Waals surface area contributed by atoms with Crippen LogP contribution in [0.25, 0.3) is 0 Å². The van der Waals surface area contributed by atoms with E-state index in [2.05, 4.69) is 19.4 Å². The van der Waals surface area contributed by atoms with E-state index < -0.39 is 0 Å². The van der Waals surface area contributed by atoms with Crippen LogP contribution in [-0.2, 0) is 0 Å². The lowest BCUT2D eigenvalue weighted by Gasteiger charge is -2.23. The largest absolute Gasteiger partial charge is 0.493 e. The quantitative estimate of drug-likeness (QED) is 0.264. The number of rotatable bonds is 4. The van der Waals surface area contributed by atoms with Gasteiger partial charge in [-0.2, -0.15) is 0 Å². The fourth-order valence-electron chi connectivity index (χ4n) is 3.27. The molecule has 158 valence electrons. The van der Waals surface area contributed by atoms with Crippen LogP contribution in [0.2, 0.25) is 0 Å². The molecule has 28 heavy (non-hydrogen) atoms. The minimum Gasteiger partial charge on any atom is -0.493 e. The van der Waals surface area contributed by atoms with Crippen molar-refractivity contribution < 1.29 is 4.74 Å². The molecule has 3 rings (SSSR count). The first kappa shape index (κ1) is 24.3. The van der Waals surface area contributed by atoms with Gasteiger partial charge < -0.3 is 4.74 Å². The van der Waals surface area contributed by atoms with Gasteiger partial charge in [0.25, 0.3) is 0 Å². The predicted molar refractivity (Wildman–Crippen MR) is 121 cm³/mol. The molecule has 0 unspecified atom stereocenters. The van der Waals surface area contributed by atoms with Crippen molar-refractivity contribution >= 4 is 18.8 Å². The van der Waals surface area contributed by atoms with Gasteiger partial charge in [0.2, 0.25) is 5.96 Å². The zero-order valence-corrected chi connectivity index (χ0v) is 18.9. The Labute approximate surface area is 176 Å². The van der Waals surface area contributed by atoms with Crippen LogP contribution in [0.3, 0.4) is 0 Å². The Morgan fingerprint density at radius 3 is 2.36 bits per heavy atom. The molecule has 6 heteroatoms. The molecule has 5 nitrogen and oxygen atoms in total. The molecule has 2 aliphatic rings. The third-order valence-electron chi connectivity index (χ3n) is 4.83. The van der Waals surface area contributed by atoms with E-state index in [1.54, 1.807) is 23.8 Å². The van der Waals surface area contributed by atoms with Crippen molar-refractivity contribution in [3.05, 3.63) is 36.0 Å². The SMILES string of the molecule is C=CC.CC.CN(S)C(=N)n1cc(C2CC2)c(OCC2CCCCC2)cc1=N. The average Bonchev–Trinajstić information content (AvgIpc) is 3.54. The van der Waals surface area contributed by atoms with Crippen molar-refractivity contribution in [2.75, 3.05) is 13.7 Å². The molecule has 0 amide bonds. The Morgan fingerprint density at radius 2 is 1.86 bits per heavy atom. The summed E-state index contributed by atoms with van der Waals surface area (Å²) in [6, 6.07) is 1.77. The van der Waals surface area contributed by atoms with Crippen LogP contribution in [0, 0.1) is 16.7 Å². The summed E-state index contributed by atoms with van der Waals surface area (Å²) >= 11 is 4.16. The van der Waals surface area contributed by atoms with Crippen molar-refractivity contribution in [3.8, 4) is 5.75 Å². The van der Waals surface area contributed by atoms with Crippen molar-refractivity contribution in [1.29, 1.82) is 10.8 Å². The van der Waals surface area contributed by atoms with E-state index >= 15 is 0 Å². The summed E-state index contributed by atoms with van der Waals surface area (Å²) in [7, 11) is 1.70. The van der Waals surface area contributed by atoms with Gasteiger partial charge in [-0.25, -0.2) is 0 Å². The van der Waals surface area contributed by atoms with Crippen LogP contribution >= 0.6 is 12.8 Å². The number of hydrogen-bond acceptors (Lipinski definition) is 4. The zero-order valence-electron chi connectivity index (χ0n) is 18.0. The summed E-state index contributed by atoms with van der Waals surface area (Å²) in [5.74, 6) is 2.19. The summed E-state index contributed by atoms with van der Waals surface area (Å²) in [6.45, 7) is 10.0. The Hall–Kier alpha value is -1.69. The molecule has 1 aromatic heterocycles. The second-order valence-corrected chi connectivity index (χ2v) is 7.79. The van der Waals surface area contributed by atoms with Crippen LogP contribution in [0.1, 0.15) is 77.2 Å². The van der Waals surface area contributed by atoms with Crippen LogP contribution in [0.5, 0.6) is 5.75 Å². The molecule has 0 spiro atoms. The van der Waals surface area contributed by atoms with Gasteiger partial charge in [-0.3, -0.25) is 19.7 Å². The maximum Gasteiger partial charge on any atom is 0.213 e. The Bertz CT molecular complexity index is 674. The molecule has 0 bridgehead atoms. The minimum absolute atomic E-state index is 0.180. The normalized spacial score (nSPS) is 16.0. The highest BCUT2D eigenvalue weighted by Crippen LogP contribution is 2.44. The highest BCUT2D eigenvalue weighted by molar-refractivity contribution is 7.78. The smallest absolute Gasteiger partial charge is 0.213 e. The second kappa shape index (κ2) is 12.7. The molecule has 1 aromatic rings. The minimum atomic E-state index is 0.180. The number of nitrogens with one attached hydrogen (secondary N) is 2. The van der Waals surface area contributed by atoms with Gasteiger partial charge in [-0.1, -0.05) is 52.0 Å². The number of aromatic nitrogens is 1. The topological polar surface area (TPSA) is 65.1 Å². The maximum atomic E-state index is 8.20. The van der Waals surface area contributed by atoms with Gasteiger partial charge in [0.1, 0.15) is 11.2 Å². The standard InChI is InChI=1S/C17H26N4OS.C3H6.C2H6/c1-20(23)17(19)21-10-14(13-7-8-13)15(9-16(21)18)22-11-12-5-3-2-4-6-12;1-3-2;1-2/h9-10,12-13,18-19,23H,2-8,11H2,1H3;3H,1H2,2H3;1-2H3. The van der Waals surface area contributed by atoms with E-state index in [0.717, 1.165) is 17.9 Å². The molecule has 0 aromatic carbocycles. The summed E-state index contributed by atoms with van der Waals surface area (Å²) in [6.07, 6.45) is 12.5. The monoisotopic (exact) mass is 406 g/mol. The van der Waals surface area contributed by atoms with Gasteiger partial charge >= 0.3 is 0 Å². The molecule has 2 aliphatic carbocycles. The van der Waals surface area contributed by atoms with Crippen molar-refractivity contribution in [1.82, 2.24) is 8.87 Å². The molecule has 0 atom stereocenters. The average molecular weight is 407 g/mol. The molecule has 2 saturated carbocycles. The van der Waals surface area contributed by atoms with E-state index in [0.29, 0.717) is 11.8 Å². The Kier molecular flexibility index (Phi) is 11.0. The van der Waals surface area contributed by atoms with Crippen molar-refractivity contribution in [2.45, 2.75) is 71.6 Å². The third kappa shape index (κ3) is 7.38. The lowest BCUT2D eigenvalue weighted by Crippen LogP contribution is -2.33. The van der Waals surface area contributed by atoms with E-state index in [-0.39, 0.29) is 11.4 Å². The summed E-state index contributed by atoms with van der Waals surface area (Å²) in [5, 5.41) is 16.3. The van der Waals surface area contributed by atoms with Crippen molar-refractivity contribution in [3.63, 3.8) is 0 Å². The lowest BCUT2D eigenvalue weighted by molar-refractivity contribution is 0.207. The first-order valence-electron chi connectivity index (χ1n) is 10.5. The van der Waals surface area contributed by atoms with Gasteiger partial charge in [0.15, 0.2) is 0 Å². The molecule has 1 heterocycles. The molecule has 0 aliphatic heterocycles. The number of allylic oxidation sites excluding steroid dienone is 1. The third-order valence-corrected chi connectivity index (χ3v) is 5.02. The Balaban J connectivity index is 0.000000717. The van der Waals surface area contributed by atoms with Crippen LogP contribution in [-0.4, -0.2) is 28.5 Å². The second-order valence-electron chi connectivity index (χ2n) is 7.19. The van der Waals surface area contributed by atoms with Crippen LogP contribution in [0.4, 0.5) is 0 Å². The van der Waals surface area contributed by atoms with Crippen molar-refractivity contribution in [2.24, 2.45) is 5.92 Å². The molecule has 0 saturated heterocycles. The van der Waals surface area contributed by atoms with Gasteiger partial charge in [0.05, 0.1) is 6.61 Å². The molecular formula is C22H38N4OS. The van der Waals surface area contributed by atoms with Gasteiger partial charge in [0, 0.05) is 24.9 Å². The van der Waals surface area contributed by atoms with Gasteiger partial charge in [-0.15, -0.1) is 6.58 Å². The van der Waals surface area contributed by atoms with E-state index in [4.69, 9.17) is 15.6 Å². The highest BCUT2D eigenvalue weighted by atomic mass is 32.1. The number of pyridine rings is 1. The summed E-state index contributed by atoms with van der Waals surface area (Å²) in [5.41, 5.74) is 1.40.